The van der Waals surface area contributed by atoms with Gasteiger partial charge in [0.15, 0.2) is 0 Å². The van der Waals surface area contributed by atoms with Gasteiger partial charge in [0.05, 0.1) is 10.9 Å². The number of hydrogen-bond acceptors (Lipinski definition) is 5. The molecule has 6 nitrogen and oxygen atoms in total. The van der Waals surface area contributed by atoms with Gasteiger partial charge in [-0.2, -0.15) is 0 Å². The monoisotopic (exact) mass is 355 g/mol. The molecule has 0 saturated heterocycles. The fraction of sp³-hybridized carbons (Fsp3) is 0.111. The lowest BCUT2D eigenvalue weighted by atomic mass is 10.1. The molecule has 7 heteroatoms. The van der Waals surface area contributed by atoms with Gasteiger partial charge < -0.3 is 11.1 Å². The van der Waals surface area contributed by atoms with Gasteiger partial charge >= 0.3 is 0 Å². The average Bonchev–Trinajstić information content (AvgIpc) is 3.05. The number of amides is 2. The quantitative estimate of drug-likeness (QED) is 0.417. The lowest BCUT2D eigenvalue weighted by Crippen LogP contribution is -2.37. The molecule has 2 aromatic carbocycles. The van der Waals surface area contributed by atoms with Crippen LogP contribution in [0.15, 0.2) is 54.6 Å². The van der Waals surface area contributed by atoms with Crippen molar-refractivity contribution in [3.63, 3.8) is 0 Å². The van der Waals surface area contributed by atoms with E-state index < -0.39 is 11.9 Å². The van der Waals surface area contributed by atoms with Crippen LogP contribution in [0.1, 0.15) is 15.2 Å². The van der Waals surface area contributed by atoms with Crippen LogP contribution >= 0.6 is 11.3 Å². The molecule has 0 aliphatic heterocycles. The largest absolute Gasteiger partial charge is 0.325 e. The van der Waals surface area contributed by atoms with Gasteiger partial charge in [0.2, 0.25) is 5.91 Å². The fourth-order valence-electron chi connectivity index (χ4n) is 2.47. The van der Waals surface area contributed by atoms with E-state index in [2.05, 4.69) is 5.32 Å². The molecule has 0 unspecified atom stereocenters. The molecule has 1 heterocycles. The smallest absolute Gasteiger partial charge is 0.284 e. The van der Waals surface area contributed by atoms with Crippen LogP contribution in [0.3, 0.4) is 0 Å². The van der Waals surface area contributed by atoms with Crippen molar-refractivity contribution in [1.82, 2.24) is 5.48 Å². The predicted molar refractivity (Wildman–Crippen MR) is 97.8 cm³/mol. The van der Waals surface area contributed by atoms with Crippen LogP contribution in [-0.4, -0.2) is 23.1 Å². The van der Waals surface area contributed by atoms with E-state index in [1.165, 1.54) is 11.3 Å². The summed E-state index contributed by atoms with van der Waals surface area (Å²) in [4.78, 5) is 24.1. The summed E-state index contributed by atoms with van der Waals surface area (Å²) < 4.78 is 0.827. The molecule has 0 saturated carbocycles. The molecule has 128 valence electrons. The van der Waals surface area contributed by atoms with Gasteiger partial charge in [-0.15, -0.1) is 11.3 Å². The van der Waals surface area contributed by atoms with Crippen molar-refractivity contribution < 1.29 is 14.8 Å². The Bertz CT molecular complexity index is 908. The molecule has 0 bridgehead atoms. The van der Waals surface area contributed by atoms with E-state index in [4.69, 9.17) is 10.9 Å². The van der Waals surface area contributed by atoms with Crippen LogP contribution < -0.4 is 16.5 Å². The van der Waals surface area contributed by atoms with E-state index in [0.717, 1.165) is 15.6 Å². The molecule has 0 fully saturated rings. The van der Waals surface area contributed by atoms with Gasteiger partial charge in [0.1, 0.15) is 0 Å². The number of thiophene rings is 1. The summed E-state index contributed by atoms with van der Waals surface area (Å²) in [6.07, 6.45) is 0.453. The van der Waals surface area contributed by atoms with E-state index in [-0.39, 0.29) is 5.91 Å². The van der Waals surface area contributed by atoms with Crippen molar-refractivity contribution in [2.24, 2.45) is 5.73 Å². The Balaban J connectivity index is 1.71. The molecule has 1 atom stereocenters. The van der Waals surface area contributed by atoms with E-state index in [9.17, 15) is 9.59 Å². The number of carbonyl (C=O) groups excluding carboxylic acids is 2. The lowest BCUT2D eigenvalue weighted by Gasteiger charge is -2.12. The summed E-state index contributed by atoms with van der Waals surface area (Å²) in [6.45, 7) is 0. The van der Waals surface area contributed by atoms with Crippen LogP contribution in [-0.2, 0) is 11.2 Å². The standard InChI is InChI=1S/C18H17N3O3S/c19-14(8-11-4-2-1-3-5-11)17(22)20-13-7-6-12-9-16(18(23)21-24)25-15(12)10-13/h1-7,9-10,14,24H,8,19H2,(H,20,22)(H,21,23)/t14-/m1/s1. The number of hydroxylamine groups is 1. The Morgan fingerprint density at radius 3 is 2.60 bits per heavy atom. The summed E-state index contributed by atoms with van der Waals surface area (Å²) in [6, 6.07) is 15.9. The number of nitrogens with two attached hydrogens (primary N) is 1. The number of benzene rings is 2. The van der Waals surface area contributed by atoms with Crippen LogP contribution in [0.25, 0.3) is 10.1 Å². The second-order valence-electron chi connectivity index (χ2n) is 5.59. The third-order valence-corrected chi connectivity index (χ3v) is 4.84. The lowest BCUT2D eigenvalue weighted by molar-refractivity contribution is -0.117. The molecule has 0 aliphatic carbocycles. The third-order valence-electron chi connectivity index (χ3n) is 3.75. The molecule has 2 amide bonds. The summed E-state index contributed by atoms with van der Waals surface area (Å²) in [7, 11) is 0. The first-order valence-corrected chi connectivity index (χ1v) is 8.47. The average molecular weight is 355 g/mol. The number of rotatable bonds is 5. The maximum absolute atomic E-state index is 12.3. The number of nitrogens with one attached hydrogen (secondary N) is 2. The first-order valence-electron chi connectivity index (χ1n) is 7.65. The molecular formula is C18H17N3O3S. The second-order valence-corrected chi connectivity index (χ2v) is 6.67. The Kier molecular flexibility index (Phi) is 5.08. The minimum Gasteiger partial charge on any atom is -0.325 e. The van der Waals surface area contributed by atoms with E-state index in [1.54, 1.807) is 29.7 Å². The molecule has 0 spiro atoms. The highest BCUT2D eigenvalue weighted by molar-refractivity contribution is 7.20. The Morgan fingerprint density at radius 1 is 1.12 bits per heavy atom. The minimum absolute atomic E-state index is 0.270. The SMILES string of the molecule is N[C@H](Cc1ccccc1)C(=O)Nc1ccc2cc(C(=O)NO)sc2c1. The van der Waals surface area contributed by atoms with Crippen molar-refractivity contribution in [2.45, 2.75) is 12.5 Å². The van der Waals surface area contributed by atoms with Gasteiger partial charge in [-0.05, 0) is 35.6 Å². The van der Waals surface area contributed by atoms with Crippen molar-refractivity contribution in [3.8, 4) is 0 Å². The Hall–Kier alpha value is -2.74. The van der Waals surface area contributed by atoms with Gasteiger partial charge in [-0.25, -0.2) is 5.48 Å². The van der Waals surface area contributed by atoms with Crippen molar-refractivity contribution >= 4 is 38.9 Å². The van der Waals surface area contributed by atoms with Crippen LogP contribution in [0.5, 0.6) is 0 Å². The molecule has 5 N–H and O–H groups in total. The zero-order valence-electron chi connectivity index (χ0n) is 13.2. The molecule has 0 radical (unpaired) electrons. The first kappa shape index (κ1) is 17.1. The topological polar surface area (TPSA) is 104 Å². The number of carbonyl (C=O) groups is 2. The second kappa shape index (κ2) is 7.43. The maximum Gasteiger partial charge on any atom is 0.284 e. The first-order chi connectivity index (χ1) is 12.1. The minimum atomic E-state index is -0.655. The number of hydrogen-bond donors (Lipinski definition) is 4. The van der Waals surface area contributed by atoms with Gasteiger partial charge in [0.25, 0.3) is 5.91 Å². The third kappa shape index (κ3) is 4.03. The molecule has 0 aliphatic rings. The van der Waals surface area contributed by atoms with Crippen LogP contribution in [0.2, 0.25) is 0 Å². The number of fused-ring (bicyclic) bond motifs is 1. The van der Waals surface area contributed by atoms with E-state index in [1.807, 2.05) is 30.3 Å². The van der Waals surface area contributed by atoms with Gasteiger partial charge in [-0.1, -0.05) is 36.4 Å². The zero-order chi connectivity index (χ0) is 17.8. The maximum atomic E-state index is 12.3. The summed E-state index contributed by atoms with van der Waals surface area (Å²) in [5.41, 5.74) is 9.20. The molecule has 1 aromatic heterocycles. The van der Waals surface area contributed by atoms with Gasteiger partial charge in [0, 0.05) is 10.4 Å². The van der Waals surface area contributed by atoms with Gasteiger partial charge in [-0.3, -0.25) is 14.8 Å². The molecule has 3 rings (SSSR count). The van der Waals surface area contributed by atoms with Crippen molar-refractivity contribution in [1.29, 1.82) is 0 Å². The van der Waals surface area contributed by atoms with E-state index in [0.29, 0.717) is 17.0 Å². The number of anilines is 1. The highest BCUT2D eigenvalue weighted by atomic mass is 32.1. The van der Waals surface area contributed by atoms with E-state index >= 15 is 0 Å². The molecule has 25 heavy (non-hydrogen) atoms. The van der Waals surface area contributed by atoms with Crippen LogP contribution in [0.4, 0.5) is 5.69 Å². The normalized spacial score (nSPS) is 11.9. The van der Waals surface area contributed by atoms with Crippen LogP contribution in [0, 0.1) is 0 Å². The Labute approximate surface area is 148 Å². The van der Waals surface area contributed by atoms with Crippen molar-refractivity contribution in [3.05, 3.63) is 65.0 Å². The van der Waals surface area contributed by atoms with Crippen molar-refractivity contribution in [2.75, 3.05) is 5.32 Å². The molecular weight excluding hydrogens is 338 g/mol. The summed E-state index contributed by atoms with van der Waals surface area (Å²) >= 11 is 1.23. The summed E-state index contributed by atoms with van der Waals surface area (Å²) in [5.74, 6) is -0.829. The fourth-order valence-corrected chi connectivity index (χ4v) is 3.46. The Morgan fingerprint density at radius 2 is 1.88 bits per heavy atom. The highest BCUT2D eigenvalue weighted by Gasteiger charge is 2.15. The zero-order valence-corrected chi connectivity index (χ0v) is 14.0. The summed E-state index contributed by atoms with van der Waals surface area (Å²) in [5, 5.41) is 12.4. The highest BCUT2D eigenvalue weighted by Crippen LogP contribution is 2.28. The predicted octanol–water partition coefficient (Wildman–Crippen LogP) is 2.53. The molecule has 3 aromatic rings.